The molecule has 0 aliphatic heterocycles. The molecule has 0 saturated heterocycles. The Labute approximate surface area is 177 Å². The molecule has 0 radical (unpaired) electrons. The van der Waals surface area contributed by atoms with Crippen LogP contribution < -0.4 is 19.5 Å². The quantitative estimate of drug-likeness (QED) is 0.597. The van der Waals surface area contributed by atoms with Crippen LogP contribution in [-0.2, 0) is 16.1 Å². The highest BCUT2D eigenvalue weighted by Crippen LogP contribution is 2.27. The van der Waals surface area contributed by atoms with E-state index in [1.165, 1.54) is 6.92 Å². The molecule has 0 aliphatic rings. The van der Waals surface area contributed by atoms with E-state index < -0.39 is 18.0 Å². The summed E-state index contributed by atoms with van der Waals surface area (Å²) in [5.74, 6) is 1.15. The Bertz CT molecular complexity index is 865. The number of carbonyl (C=O) groups is 2. The number of methoxy groups -OCH3 is 2. The molecule has 2 aromatic carbocycles. The third kappa shape index (κ3) is 6.69. The predicted molar refractivity (Wildman–Crippen MR) is 113 cm³/mol. The Morgan fingerprint density at radius 1 is 0.967 bits per heavy atom. The Balaban J connectivity index is 1.91. The summed E-state index contributed by atoms with van der Waals surface area (Å²) in [6.45, 7) is 6.43. The topological polar surface area (TPSA) is 83.1 Å². The monoisotopic (exact) mass is 415 g/mol. The van der Waals surface area contributed by atoms with Crippen LogP contribution in [-0.4, -0.2) is 38.8 Å². The number of benzene rings is 2. The van der Waals surface area contributed by atoms with Gasteiger partial charge in [0.1, 0.15) is 5.75 Å². The lowest BCUT2D eigenvalue weighted by Gasteiger charge is -2.15. The van der Waals surface area contributed by atoms with Crippen LogP contribution in [0.5, 0.6) is 17.2 Å². The minimum Gasteiger partial charge on any atom is -0.493 e. The molecule has 0 bridgehead atoms. The first-order valence-corrected chi connectivity index (χ1v) is 9.76. The Morgan fingerprint density at radius 2 is 1.70 bits per heavy atom. The molecule has 1 amide bonds. The van der Waals surface area contributed by atoms with Crippen molar-refractivity contribution in [2.24, 2.45) is 5.92 Å². The van der Waals surface area contributed by atoms with E-state index in [0.717, 1.165) is 5.56 Å². The van der Waals surface area contributed by atoms with Gasteiger partial charge in [-0.15, -0.1) is 0 Å². The van der Waals surface area contributed by atoms with Crippen LogP contribution in [0.25, 0.3) is 0 Å². The van der Waals surface area contributed by atoms with Crippen molar-refractivity contribution >= 4 is 11.9 Å². The number of hydrogen-bond donors (Lipinski definition) is 1. The van der Waals surface area contributed by atoms with E-state index in [1.54, 1.807) is 50.6 Å². The third-order valence-corrected chi connectivity index (χ3v) is 4.22. The molecule has 0 saturated carbocycles. The molecule has 2 rings (SSSR count). The summed E-state index contributed by atoms with van der Waals surface area (Å²) in [4.78, 5) is 24.7. The molecule has 0 unspecified atom stereocenters. The van der Waals surface area contributed by atoms with Crippen molar-refractivity contribution in [2.75, 3.05) is 20.8 Å². The first-order valence-electron chi connectivity index (χ1n) is 9.76. The van der Waals surface area contributed by atoms with Crippen molar-refractivity contribution in [1.29, 1.82) is 0 Å². The van der Waals surface area contributed by atoms with Crippen LogP contribution >= 0.6 is 0 Å². The molecule has 30 heavy (non-hydrogen) atoms. The largest absolute Gasteiger partial charge is 0.493 e. The number of nitrogens with one attached hydrogen (secondary N) is 1. The maximum atomic E-state index is 12.4. The van der Waals surface area contributed by atoms with Crippen molar-refractivity contribution < 1.29 is 28.5 Å². The molecule has 2 aromatic rings. The maximum Gasteiger partial charge on any atom is 0.339 e. The summed E-state index contributed by atoms with van der Waals surface area (Å²) in [6.07, 6.45) is -0.946. The highest BCUT2D eigenvalue weighted by molar-refractivity contribution is 5.92. The number of rotatable bonds is 10. The van der Waals surface area contributed by atoms with Gasteiger partial charge < -0.3 is 24.3 Å². The summed E-state index contributed by atoms with van der Waals surface area (Å²) < 4.78 is 21.4. The molecule has 0 spiro atoms. The van der Waals surface area contributed by atoms with Gasteiger partial charge in [-0.25, -0.2) is 4.79 Å². The molecule has 7 nitrogen and oxygen atoms in total. The lowest BCUT2D eigenvalue weighted by Crippen LogP contribution is -2.35. The van der Waals surface area contributed by atoms with E-state index in [0.29, 0.717) is 35.3 Å². The first kappa shape index (κ1) is 23.1. The zero-order chi connectivity index (χ0) is 22.1. The summed E-state index contributed by atoms with van der Waals surface area (Å²) in [5.41, 5.74) is 1.16. The maximum absolute atomic E-state index is 12.4. The molecule has 7 heteroatoms. The molecule has 0 aromatic heterocycles. The number of ether oxygens (including phenoxy) is 4. The Kier molecular flexibility index (Phi) is 8.53. The molecule has 0 fully saturated rings. The van der Waals surface area contributed by atoms with Crippen molar-refractivity contribution in [1.82, 2.24) is 5.32 Å². The number of hydrogen-bond acceptors (Lipinski definition) is 6. The Morgan fingerprint density at radius 3 is 2.37 bits per heavy atom. The zero-order valence-electron chi connectivity index (χ0n) is 18.1. The van der Waals surface area contributed by atoms with E-state index in [-0.39, 0.29) is 6.54 Å². The third-order valence-electron chi connectivity index (χ3n) is 4.22. The minimum atomic E-state index is -0.946. The zero-order valence-corrected chi connectivity index (χ0v) is 18.1. The van der Waals surface area contributed by atoms with Gasteiger partial charge in [0.15, 0.2) is 17.6 Å². The van der Waals surface area contributed by atoms with E-state index in [4.69, 9.17) is 18.9 Å². The fourth-order valence-corrected chi connectivity index (χ4v) is 2.58. The van der Waals surface area contributed by atoms with Gasteiger partial charge in [-0.3, -0.25) is 4.79 Å². The van der Waals surface area contributed by atoms with E-state index in [9.17, 15) is 9.59 Å². The highest BCUT2D eigenvalue weighted by atomic mass is 16.5. The van der Waals surface area contributed by atoms with E-state index in [1.807, 2.05) is 19.9 Å². The molecule has 1 atom stereocenters. The predicted octanol–water partition coefficient (Wildman–Crippen LogP) is 3.60. The standard InChI is InChI=1S/C23H29NO6/c1-15(2)14-29-19-8-6-7-18(12-19)23(26)30-16(3)22(25)24-13-17-9-10-20(27-4)21(11-17)28-5/h6-12,15-16H,13-14H2,1-5H3,(H,24,25)/t16-/m1/s1. The average molecular weight is 415 g/mol. The van der Waals surface area contributed by atoms with Crippen LogP contribution in [0, 0.1) is 5.92 Å². The average Bonchev–Trinajstić information content (AvgIpc) is 2.75. The van der Waals surface area contributed by atoms with Gasteiger partial charge in [0.05, 0.1) is 26.4 Å². The highest BCUT2D eigenvalue weighted by Gasteiger charge is 2.19. The molecule has 162 valence electrons. The van der Waals surface area contributed by atoms with E-state index >= 15 is 0 Å². The molecule has 1 N–H and O–H groups in total. The smallest absolute Gasteiger partial charge is 0.339 e. The number of esters is 1. The molecular weight excluding hydrogens is 386 g/mol. The van der Waals surface area contributed by atoms with Crippen LogP contribution in [0.15, 0.2) is 42.5 Å². The van der Waals surface area contributed by atoms with Gasteiger partial charge in [-0.05, 0) is 48.7 Å². The summed E-state index contributed by atoms with van der Waals surface area (Å²) in [6, 6.07) is 12.1. The van der Waals surface area contributed by atoms with Crippen LogP contribution in [0.2, 0.25) is 0 Å². The molecular formula is C23H29NO6. The second kappa shape index (κ2) is 11.1. The van der Waals surface area contributed by atoms with Crippen molar-refractivity contribution in [2.45, 2.75) is 33.4 Å². The van der Waals surface area contributed by atoms with Gasteiger partial charge in [0, 0.05) is 6.54 Å². The fraction of sp³-hybridized carbons (Fsp3) is 0.391. The fourth-order valence-electron chi connectivity index (χ4n) is 2.58. The van der Waals surface area contributed by atoms with Gasteiger partial charge in [0.2, 0.25) is 0 Å². The van der Waals surface area contributed by atoms with Gasteiger partial charge in [-0.2, -0.15) is 0 Å². The summed E-state index contributed by atoms with van der Waals surface area (Å²) in [5, 5.41) is 2.75. The molecule has 0 heterocycles. The normalized spacial score (nSPS) is 11.5. The van der Waals surface area contributed by atoms with E-state index in [2.05, 4.69) is 5.32 Å². The second-order valence-electron chi connectivity index (χ2n) is 7.19. The van der Waals surface area contributed by atoms with Crippen LogP contribution in [0.1, 0.15) is 36.7 Å². The van der Waals surface area contributed by atoms with Crippen molar-refractivity contribution in [3.05, 3.63) is 53.6 Å². The molecule has 0 aliphatic carbocycles. The Hall–Kier alpha value is -3.22. The summed E-state index contributed by atoms with van der Waals surface area (Å²) >= 11 is 0. The second-order valence-corrected chi connectivity index (χ2v) is 7.19. The number of amides is 1. The lowest BCUT2D eigenvalue weighted by atomic mass is 10.2. The first-order chi connectivity index (χ1) is 14.3. The lowest BCUT2D eigenvalue weighted by molar-refractivity contribution is -0.129. The van der Waals surface area contributed by atoms with Crippen molar-refractivity contribution in [3.8, 4) is 17.2 Å². The van der Waals surface area contributed by atoms with Gasteiger partial charge >= 0.3 is 5.97 Å². The van der Waals surface area contributed by atoms with Crippen molar-refractivity contribution in [3.63, 3.8) is 0 Å². The van der Waals surface area contributed by atoms with Crippen LogP contribution in [0.4, 0.5) is 0 Å². The minimum absolute atomic E-state index is 0.263. The number of carbonyl (C=O) groups excluding carboxylic acids is 2. The van der Waals surface area contributed by atoms with Gasteiger partial charge in [-0.1, -0.05) is 26.0 Å². The summed E-state index contributed by atoms with van der Waals surface area (Å²) in [7, 11) is 3.10. The van der Waals surface area contributed by atoms with Crippen LogP contribution in [0.3, 0.4) is 0 Å². The SMILES string of the molecule is COc1ccc(CNC(=O)[C@@H](C)OC(=O)c2cccc(OCC(C)C)c2)cc1OC. The van der Waals surface area contributed by atoms with Gasteiger partial charge in [0.25, 0.3) is 5.91 Å².